The number of hydrogen-bond donors (Lipinski definition) is 0. The number of thiazole rings is 1. The summed E-state index contributed by atoms with van der Waals surface area (Å²) in [5, 5.41) is 0. The van der Waals surface area contributed by atoms with Crippen LogP contribution in [0.2, 0.25) is 0 Å². The Morgan fingerprint density at radius 3 is 2.78 bits per heavy atom. The number of aromatic nitrogens is 1. The van der Waals surface area contributed by atoms with Gasteiger partial charge in [0.2, 0.25) is 0 Å². The number of carbonyl (C=O) groups is 1. The van der Waals surface area contributed by atoms with Gasteiger partial charge in [0.05, 0.1) is 23.2 Å². The second-order valence-electron chi connectivity index (χ2n) is 6.47. The molecule has 27 heavy (non-hydrogen) atoms. The van der Waals surface area contributed by atoms with Gasteiger partial charge in [-0.25, -0.2) is 0 Å². The maximum atomic E-state index is 12.7. The molecule has 0 atom stereocenters. The Hall–Kier alpha value is -1.89. The molecule has 0 saturated carbocycles. The zero-order valence-electron chi connectivity index (χ0n) is 16.1. The normalized spacial score (nSPS) is 12.1. The van der Waals surface area contributed by atoms with Gasteiger partial charge in [-0.1, -0.05) is 35.1 Å². The number of amides is 1. The number of methoxy groups -OCH3 is 1. The second kappa shape index (κ2) is 8.87. The summed E-state index contributed by atoms with van der Waals surface area (Å²) >= 11 is 3.27. The molecule has 0 radical (unpaired) electrons. The minimum absolute atomic E-state index is 0.119. The summed E-state index contributed by atoms with van der Waals surface area (Å²) in [7, 11) is 1.68. The molecule has 0 aliphatic rings. The fourth-order valence-corrected chi connectivity index (χ4v) is 4.59. The topological polar surface area (TPSA) is 43.6 Å². The SMILES string of the molecule is COCCn1c(=NC(=O)Cc2cc(C)ccc2C)sc2cc(SC)ccc21. The van der Waals surface area contributed by atoms with Crippen molar-refractivity contribution in [2.45, 2.75) is 31.7 Å². The summed E-state index contributed by atoms with van der Waals surface area (Å²) in [5.74, 6) is -0.119. The van der Waals surface area contributed by atoms with E-state index >= 15 is 0 Å². The van der Waals surface area contributed by atoms with E-state index < -0.39 is 0 Å². The highest BCUT2D eigenvalue weighted by Gasteiger charge is 2.10. The van der Waals surface area contributed by atoms with E-state index in [0.29, 0.717) is 19.6 Å². The average Bonchev–Trinajstić information content (AvgIpc) is 2.98. The van der Waals surface area contributed by atoms with Gasteiger partial charge in [-0.3, -0.25) is 4.79 Å². The molecule has 6 heteroatoms. The Bertz CT molecular complexity index is 1030. The highest BCUT2D eigenvalue weighted by Crippen LogP contribution is 2.24. The predicted molar refractivity (Wildman–Crippen MR) is 114 cm³/mol. The van der Waals surface area contributed by atoms with Gasteiger partial charge in [0.25, 0.3) is 5.91 Å². The van der Waals surface area contributed by atoms with Crippen molar-refractivity contribution in [2.24, 2.45) is 4.99 Å². The number of benzene rings is 2. The molecule has 1 aromatic heterocycles. The van der Waals surface area contributed by atoms with Gasteiger partial charge in [0.15, 0.2) is 4.80 Å². The van der Waals surface area contributed by atoms with E-state index in [1.165, 1.54) is 4.90 Å². The highest BCUT2D eigenvalue weighted by atomic mass is 32.2. The summed E-state index contributed by atoms with van der Waals surface area (Å²) in [6, 6.07) is 12.5. The fraction of sp³-hybridized carbons (Fsp3) is 0.333. The lowest BCUT2D eigenvalue weighted by Crippen LogP contribution is -2.19. The van der Waals surface area contributed by atoms with Crippen LogP contribution in [0.4, 0.5) is 0 Å². The van der Waals surface area contributed by atoms with Crippen molar-refractivity contribution in [3.8, 4) is 0 Å². The first-order valence-corrected chi connectivity index (χ1v) is 10.9. The van der Waals surface area contributed by atoms with E-state index in [2.05, 4.69) is 52.2 Å². The van der Waals surface area contributed by atoms with Crippen LogP contribution in [0.3, 0.4) is 0 Å². The highest BCUT2D eigenvalue weighted by molar-refractivity contribution is 7.98. The predicted octanol–water partition coefficient (Wildman–Crippen LogP) is 4.36. The van der Waals surface area contributed by atoms with Crippen LogP contribution >= 0.6 is 23.1 Å². The quantitative estimate of drug-likeness (QED) is 0.578. The van der Waals surface area contributed by atoms with Gasteiger partial charge in [0, 0.05) is 18.6 Å². The van der Waals surface area contributed by atoms with Gasteiger partial charge in [0.1, 0.15) is 0 Å². The van der Waals surface area contributed by atoms with Crippen molar-refractivity contribution in [1.82, 2.24) is 4.57 Å². The van der Waals surface area contributed by atoms with Gasteiger partial charge < -0.3 is 9.30 Å². The summed E-state index contributed by atoms with van der Waals surface area (Å²) in [6.45, 7) is 5.32. The zero-order chi connectivity index (χ0) is 19.4. The van der Waals surface area contributed by atoms with Crippen LogP contribution in [-0.2, 0) is 22.5 Å². The van der Waals surface area contributed by atoms with Crippen LogP contribution in [-0.4, -0.2) is 30.4 Å². The van der Waals surface area contributed by atoms with Crippen molar-refractivity contribution in [3.05, 3.63) is 57.9 Å². The standard InChI is InChI=1S/C21H24N2O2S2/c1-14-5-6-15(2)16(11-14)12-20(24)22-21-23(9-10-25-3)18-8-7-17(26-4)13-19(18)27-21/h5-8,11,13H,9-10,12H2,1-4H3. The summed E-state index contributed by atoms with van der Waals surface area (Å²) in [6.07, 6.45) is 2.38. The van der Waals surface area contributed by atoms with E-state index in [9.17, 15) is 4.79 Å². The third kappa shape index (κ3) is 4.69. The number of fused-ring (bicyclic) bond motifs is 1. The lowest BCUT2D eigenvalue weighted by atomic mass is 10.0. The zero-order valence-corrected chi connectivity index (χ0v) is 17.7. The Morgan fingerprint density at radius 2 is 2.04 bits per heavy atom. The molecular weight excluding hydrogens is 376 g/mol. The van der Waals surface area contributed by atoms with Gasteiger partial charge >= 0.3 is 0 Å². The lowest BCUT2D eigenvalue weighted by Gasteiger charge is -2.06. The van der Waals surface area contributed by atoms with Gasteiger partial charge in [-0.05, 0) is 49.4 Å². The third-order valence-corrected chi connectivity index (χ3v) is 6.24. The number of hydrogen-bond acceptors (Lipinski definition) is 4. The van der Waals surface area contributed by atoms with Crippen molar-refractivity contribution in [1.29, 1.82) is 0 Å². The lowest BCUT2D eigenvalue weighted by molar-refractivity contribution is -0.117. The summed E-state index contributed by atoms with van der Waals surface area (Å²) in [5.41, 5.74) is 4.41. The first-order valence-electron chi connectivity index (χ1n) is 8.82. The molecule has 3 rings (SSSR count). The molecule has 0 bridgehead atoms. The molecule has 0 aliphatic heterocycles. The van der Waals surface area contributed by atoms with Crippen LogP contribution < -0.4 is 4.80 Å². The van der Waals surface area contributed by atoms with E-state index in [4.69, 9.17) is 4.74 Å². The number of rotatable bonds is 6. The maximum Gasteiger partial charge on any atom is 0.252 e. The largest absolute Gasteiger partial charge is 0.383 e. The van der Waals surface area contributed by atoms with E-state index in [-0.39, 0.29) is 5.91 Å². The van der Waals surface area contributed by atoms with Crippen LogP contribution in [0.15, 0.2) is 46.3 Å². The molecule has 3 aromatic rings. The van der Waals surface area contributed by atoms with Gasteiger partial charge in [-0.2, -0.15) is 4.99 Å². The van der Waals surface area contributed by atoms with Crippen LogP contribution in [0.5, 0.6) is 0 Å². The Morgan fingerprint density at radius 1 is 1.22 bits per heavy atom. The first-order chi connectivity index (χ1) is 13.0. The van der Waals surface area contributed by atoms with Crippen molar-refractivity contribution in [3.63, 3.8) is 0 Å². The molecule has 2 aromatic carbocycles. The number of nitrogens with zero attached hydrogens (tertiary/aromatic N) is 2. The number of carbonyl (C=O) groups excluding carboxylic acids is 1. The molecule has 0 aliphatic carbocycles. The van der Waals surface area contributed by atoms with Crippen LogP contribution in [0, 0.1) is 13.8 Å². The number of ether oxygens (including phenoxy) is 1. The molecule has 0 saturated heterocycles. The smallest absolute Gasteiger partial charge is 0.252 e. The number of thioether (sulfide) groups is 1. The molecular formula is C21H24N2O2S2. The van der Waals surface area contributed by atoms with E-state index in [0.717, 1.165) is 31.7 Å². The molecule has 0 unspecified atom stereocenters. The monoisotopic (exact) mass is 400 g/mol. The molecule has 1 heterocycles. The second-order valence-corrected chi connectivity index (χ2v) is 8.36. The van der Waals surface area contributed by atoms with Crippen molar-refractivity contribution in [2.75, 3.05) is 20.0 Å². The third-order valence-electron chi connectivity index (χ3n) is 4.48. The summed E-state index contributed by atoms with van der Waals surface area (Å²) < 4.78 is 8.46. The molecule has 4 nitrogen and oxygen atoms in total. The fourth-order valence-electron chi connectivity index (χ4n) is 2.96. The minimum atomic E-state index is -0.119. The van der Waals surface area contributed by atoms with Gasteiger partial charge in [-0.15, -0.1) is 11.8 Å². The van der Waals surface area contributed by atoms with Crippen LogP contribution in [0.25, 0.3) is 10.2 Å². The van der Waals surface area contributed by atoms with Crippen LogP contribution in [0.1, 0.15) is 16.7 Å². The molecule has 1 amide bonds. The van der Waals surface area contributed by atoms with E-state index in [1.54, 1.807) is 30.2 Å². The molecule has 142 valence electrons. The molecule has 0 spiro atoms. The first kappa shape index (κ1) is 19.9. The summed E-state index contributed by atoms with van der Waals surface area (Å²) in [4.78, 5) is 19.1. The minimum Gasteiger partial charge on any atom is -0.383 e. The average molecular weight is 401 g/mol. The number of aryl methyl sites for hydroxylation is 2. The Balaban J connectivity index is 2.00. The molecule has 0 N–H and O–H groups in total. The Labute approximate surface area is 167 Å². The van der Waals surface area contributed by atoms with Crippen molar-refractivity contribution >= 4 is 39.2 Å². The molecule has 0 fully saturated rings. The van der Waals surface area contributed by atoms with Crippen molar-refractivity contribution < 1.29 is 9.53 Å². The Kier molecular flexibility index (Phi) is 6.52. The van der Waals surface area contributed by atoms with E-state index in [1.807, 2.05) is 13.8 Å². The maximum absolute atomic E-state index is 12.7.